The molecular weight excluding hydrogens is 311 g/mol. The van der Waals surface area contributed by atoms with Gasteiger partial charge in [0.2, 0.25) is 0 Å². The molecule has 0 atom stereocenters. The van der Waals surface area contributed by atoms with Crippen LogP contribution in [-0.2, 0) is 0 Å². The molecule has 0 heterocycles. The van der Waals surface area contributed by atoms with Crippen LogP contribution in [0.2, 0.25) is 0 Å². The summed E-state index contributed by atoms with van der Waals surface area (Å²) in [4.78, 5) is 0. The van der Waals surface area contributed by atoms with E-state index < -0.39 is 0 Å². The van der Waals surface area contributed by atoms with Crippen LogP contribution >= 0.6 is 0 Å². The maximum Gasteiger partial charge on any atom is 0.165 e. The Hall–Kier alpha value is -1.83. The Morgan fingerprint density at radius 3 is 2.20 bits per heavy atom. The minimum atomic E-state index is -0.288. The van der Waals surface area contributed by atoms with Gasteiger partial charge in [0.05, 0.1) is 6.61 Å². The SMILES string of the molecule is CC(C)COc1ccc(-c2ccc(C3CCC(C)CC3)cc2)cc1F. The van der Waals surface area contributed by atoms with E-state index in [1.165, 1.54) is 31.2 Å². The van der Waals surface area contributed by atoms with Gasteiger partial charge in [0.15, 0.2) is 11.6 Å². The molecule has 0 aliphatic heterocycles. The molecule has 0 saturated heterocycles. The Kier molecular flexibility index (Phi) is 5.78. The van der Waals surface area contributed by atoms with E-state index in [9.17, 15) is 4.39 Å². The number of ether oxygens (including phenoxy) is 1. The van der Waals surface area contributed by atoms with Crippen molar-refractivity contribution in [1.82, 2.24) is 0 Å². The van der Waals surface area contributed by atoms with Gasteiger partial charge in [-0.2, -0.15) is 0 Å². The number of benzene rings is 2. The fraction of sp³-hybridized carbons (Fsp3) is 0.478. The summed E-state index contributed by atoms with van der Waals surface area (Å²) >= 11 is 0. The standard InChI is InChI=1S/C23H29FO/c1-16(2)15-25-23-13-12-21(14-22(23)24)20-10-8-19(9-11-20)18-6-4-17(3)5-7-18/h8-14,16-18H,4-7,15H2,1-3H3. The van der Waals surface area contributed by atoms with Gasteiger partial charge in [-0.05, 0) is 59.4 Å². The highest BCUT2D eigenvalue weighted by Gasteiger charge is 2.19. The van der Waals surface area contributed by atoms with Gasteiger partial charge in [-0.3, -0.25) is 0 Å². The lowest BCUT2D eigenvalue weighted by Crippen LogP contribution is -2.10. The highest BCUT2D eigenvalue weighted by molar-refractivity contribution is 5.64. The van der Waals surface area contributed by atoms with Gasteiger partial charge in [0, 0.05) is 0 Å². The average molecular weight is 340 g/mol. The van der Waals surface area contributed by atoms with Crippen molar-refractivity contribution in [2.45, 2.75) is 52.4 Å². The van der Waals surface area contributed by atoms with Gasteiger partial charge in [-0.25, -0.2) is 4.39 Å². The first-order valence-corrected chi connectivity index (χ1v) is 9.55. The Labute approximate surface area is 151 Å². The van der Waals surface area contributed by atoms with Crippen molar-refractivity contribution >= 4 is 0 Å². The van der Waals surface area contributed by atoms with Gasteiger partial charge < -0.3 is 4.74 Å². The zero-order chi connectivity index (χ0) is 17.8. The van der Waals surface area contributed by atoms with Gasteiger partial charge >= 0.3 is 0 Å². The van der Waals surface area contributed by atoms with Crippen LogP contribution < -0.4 is 4.74 Å². The van der Waals surface area contributed by atoms with E-state index in [-0.39, 0.29) is 5.82 Å². The van der Waals surface area contributed by atoms with Gasteiger partial charge in [0.1, 0.15) is 0 Å². The minimum Gasteiger partial charge on any atom is -0.490 e. The molecule has 1 nitrogen and oxygen atoms in total. The third-order valence-corrected chi connectivity index (χ3v) is 5.24. The summed E-state index contributed by atoms with van der Waals surface area (Å²) in [5, 5.41) is 0. The van der Waals surface area contributed by atoms with E-state index in [4.69, 9.17) is 4.74 Å². The molecular formula is C23H29FO. The zero-order valence-corrected chi connectivity index (χ0v) is 15.6. The van der Waals surface area contributed by atoms with Crippen molar-refractivity contribution < 1.29 is 9.13 Å². The number of rotatable bonds is 5. The Morgan fingerprint density at radius 1 is 0.960 bits per heavy atom. The van der Waals surface area contributed by atoms with Crippen molar-refractivity contribution in [2.75, 3.05) is 6.61 Å². The van der Waals surface area contributed by atoms with Crippen LogP contribution in [0.25, 0.3) is 11.1 Å². The van der Waals surface area contributed by atoms with Crippen LogP contribution in [0.5, 0.6) is 5.75 Å². The molecule has 1 fully saturated rings. The molecule has 134 valence electrons. The molecule has 0 unspecified atom stereocenters. The lowest BCUT2D eigenvalue weighted by atomic mass is 9.79. The molecule has 0 spiro atoms. The van der Waals surface area contributed by atoms with Crippen LogP contribution in [0.3, 0.4) is 0 Å². The van der Waals surface area contributed by atoms with Gasteiger partial charge in [-0.15, -0.1) is 0 Å². The first kappa shape index (κ1) is 18.0. The van der Waals surface area contributed by atoms with Crippen LogP contribution in [0, 0.1) is 17.7 Å². The van der Waals surface area contributed by atoms with Crippen molar-refractivity contribution in [3.8, 4) is 16.9 Å². The fourth-order valence-corrected chi connectivity index (χ4v) is 3.60. The van der Waals surface area contributed by atoms with Crippen molar-refractivity contribution in [1.29, 1.82) is 0 Å². The Morgan fingerprint density at radius 2 is 1.60 bits per heavy atom. The molecule has 25 heavy (non-hydrogen) atoms. The van der Waals surface area contributed by atoms with Crippen molar-refractivity contribution in [2.24, 2.45) is 11.8 Å². The van der Waals surface area contributed by atoms with Gasteiger partial charge in [0.25, 0.3) is 0 Å². The largest absolute Gasteiger partial charge is 0.490 e. The monoisotopic (exact) mass is 340 g/mol. The number of hydrogen-bond acceptors (Lipinski definition) is 1. The first-order valence-electron chi connectivity index (χ1n) is 9.55. The van der Waals surface area contributed by atoms with E-state index in [1.54, 1.807) is 12.1 Å². The number of halogens is 1. The van der Waals surface area contributed by atoms with E-state index in [1.807, 2.05) is 6.07 Å². The molecule has 2 heteroatoms. The normalized spacial score (nSPS) is 20.7. The summed E-state index contributed by atoms with van der Waals surface area (Å²) in [6.45, 7) is 7.00. The Bertz CT molecular complexity index is 682. The summed E-state index contributed by atoms with van der Waals surface area (Å²) < 4.78 is 19.8. The summed E-state index contributed by atoms with van der Waals surface area (Å²) in [5.74, 6) is 1.99. The van der Waals surface area contributed by atoms with E-state index in [0.29, 0.717) is 24.2 Å². The van der Waals surface area contributed by atoms with Gasteiger partial charge in [-0.1, -0.05) is 63.9 Å². The molecule has 2 aromatic rings. The lowest BCUT2D eigenvalue weighted by molar-refractivity contribution is 0.259. The molecule has 0 N–H and O–H groups in total. The van der Waals surface area contributed by atoms with E-state index >= 15 is 0 Å². The maximum atomic E-state index is 14.3. The second kappa shape index (κ2) is 8.03. The van der Waals surface area contributed by atoms with Crippen LogP contribution in [0.15, 0.2) is 42.5 Å². The molecule has 3 rings (SSSR count). The second-order valence-corrected chi connectivity index (χ2v) is 7.93. The molecule has 0 bridgehead atoms. The highest BCUT2D eigenvalue weighted by atomic mass is 19.1. The van der Waals surface area contributed by atoms with Crippen molar-refractivity contribution in [3.05, 3.63) is 53.8 Å². The van der Waals surface area contributed by atoms with E-state index in [2.05, 4.69) is 45.0 Å². The highest BCUT2D eigenvalue weighted by Crippen LogP contribution is 2.36. The molecule has 0 amide bonds. The molecule has 0 aromatic heterocycles. The van der Waals surface area contributed by atoms with E-state index in [0.717, 1.165) is 17.0 Å². The predicted octanol–water partition coefficient (Wildman–Crippen LogP) is 6.82. The lowest BCUT2D eigenvalue weighted by Gasteiger charge is -2.26. The minimum absolute atomic E-state index is 0.288. The van der Waals surface area contributed by atoms with Crippen LogP contribution in [0.1, 0.15) is 57.9 Å². The maximum absolute atomic E-state index is 14.3. The molecule has 1 aliphatic rings. The quantitative estimate of drug-likeness (QED) is 0.580. The molecule has 1 saturated carbocycles. The van der Waals surface area contributed by atoms with Crippen LogP contribution in [0.4, 0.5) is 4.39 Å². The zero-order valence-electron chi connectivity index (χ0n) is 15.6. The van der Waals surface area contributed by atoms with Crippen LogP contribution in [-0.4, -0.2) is 6.61 Å². The smallest absolute Gasteiger partial charge is 0.165 e. The summed E-state index contributed by atoms with van der Waals surface area (Å²) in [6, 6.07) is 13.9. The summed E-state index contributed by atoms with van der Waals surface area (Å²) in [5.41, 5.74) is 3.38. The average Bonchev–Trinajstić information content (AvgIpc) is 2.61. The third kappa shape index (κ3) is 4.62. The molecule has 2 aromatic carbocycles. The Balaban J connectivity index is 1.70. The summed E-state index contributed by atoms with van der Waals surface area (Å²) in [7, 11) is 0. The third-order valence-electron chi connectivity index (χ3n) is 5.24. The molecule has 1 aliphatic carbocycles. The second-order valence-electron chi connectivity index (χ2n) is 7.93. The summed E-state index contributed by atoms with van der Waals surface area (Å²) in [6.07, 6.45) is 5.24. The molecule has 0 radical (unpaired) electrons. The predicted molar refractivity (Wildman–Crippen MR) is 103 cm³/mol. The van der Waals surface area contributed by atoms with Crippen molar-refractivity contribution in [3.63, 3.8) is 0 Å². The first-order chi connectivity index (χ1) is 12.0. The fourth-order valence-electron chi connectivity index (χ4n) is 3.60. The topological polar surface area (TPSA) is 9.23 Å². The number of hydrogen-bond donors (Lipinski definition) is 0.